The minimum absolute atomic E-state index is 0.0449. The van der Waals surface area contributed by atoms with Crippen molar-refractivity contribution in [2.45, 2.75) is 31.8 Å². The Labute approximate surface area is 120 Å². The summed E-state index contributed by atoms with van der Waals surface area (Å²) in [6.07, 6.45) is 4.75. The fourth-order valence-corrected chi connectivity index (χ4v) is 2.43. The van der Waals surface area contributed by atoms with Crippen LogP contribution < -0.4 is 4.74 Å². The minimum Gasteiger partial charge on any atom is -0.497 e. The van der Waals surface area contributed by atoms with Crippen molar-refractivity contribution >= 4 is 5.91 Å². The molecular weight excluding hydrogens is 254 g/mol. The molecule has 1 fully saturated rings. The number of ether oxygens (including phenoxy) is 2. The van der Waals surface area contributed by atoms with Gasteiger partial charge in [-0.2, -0.15) is 0 Å². The van der Waals surface area contributed by atoms with Crippen molar-refractivity contribution in [3.8, 4) is 5.75 Å². The van der Waals surface area contributed by atoms with Crippen molar-refractivity contribution < 1.29 is 14.3 Å². The largest absolute Gasteiger partial charge is 0.497 e. The molecule has 0 aromatic heterocycles. The highest BCUT2D eigenvalue weighted by Gasteiger charge is 2.17. The number of amides is 1. The highest BCUT2D eigenvalue weighted by Crippen LogP contribution is 2.17. The molecule has 0 saturated carbocycles. The first kappa shape index (κ1) is 14.9. The van der Waals surface area contributed by atoms with E-state index in [-0.39, 0.29) is 5.91 Å². The van der Waals surface area contributed by atoms with Gasteiger partial charge in [0.05, 0.1) is 13.2 Å². The lowest BCUT2D eigenvalue weighted by atomic mass is 10.1. The zero-order valence-corrected chi connectivity index (χ0v) is 12.3. The zero-order chi connectivity index (χ0) is 14.4. The number of carbonyl (C=O) groups is 1. The first-order valence-electron chi connectivity index (χ1n) is 7.22. The van der Waals surface area contributed by atoms with Gasteiger partial charge in [0.1, 0.15) is 5.75 Å². The van der Waals surface area contributed by atoms with Gasteiger partial charge in [0.25, 0.3) is 5.91 Å². The van der Waals surface area contributed by atoms with Crippen LogP contribution in [0.25, 0.3) is 0 Å². The number of hydrogen-bond donors (Lipinski definition) is 0. The van der Waals surface area contributed by atoms with Crippen LogP contribution in [0.1, 0.15) is 36.0 Å². The number of carbonyl (C=O) groups excluding carboxylic acids is 1. The van der Waals surface area contributed by atoms with Gasteiger partial charge in [-0.15, -0.1) is 0 Å². The Morgan fingerprint density at radius 3 is 2.70 bits per heavy atom. The van der Waals surface area contributed by atoms with Crippen LogP contribution in [0.5, 0.6) is 5.75 Å². The van der Waals surface area contributed by atoms with Gasteiger partial charge < -0.3 is 14.4 Å². The molecule has 1 atom stereocenters. The van der Waals surface area contributed by atoms with Crippen LogP contribution >= 0.6 is 0 Å². The molecule has 1 aliphatic heterocycles. The number of benzene rings is 1. The van der Waals surface area contributed by atoms with Crippen LogP contribution in [0.15, 0.2) is 24.3 Å². The molecule has 0 aliphatic carbocycles. The van der Waals surface area contributed by atoms with E-state index in [0.717, 1.165) is 38.2 Å². The number of methoxy groups -OCH3 is 1. The first-order valence-corrected chi connectivity index (χ1v) is 7.22. The van der Waals surface area contributed by atoms with E-state index < -0.39 is 0 Å². The van der Waals surface area contributed by atoms with Gasteiger partial charge in [0.2, 0.25) is 0 Å². The second kappa shape index (κ2) is 7.29. The van der Waals surface area contributed by atoms with Gasteiger partial charge in [0, 0.05) is 25.8 Å². The van der Waals surface area contributed by atoms with Crippen molar-refractivity contribution in [3.63, 3.8) is 0 Å². The fraction of sp³-hybridized carbons (Fsp3) is 0.562. The van der Waals surface area contributed by atoms with E-state index in [1.807, 2.05) is 19.2 Å². The number of nitrogens with zero attached hydrogens (tertiary/aromatic N) is 1. The van der Waals surface area contributed by atoms with Crippen LogP contribution in [-0.2, 0) is 4.74 Å². The summed E-state index contributed by atoms with van der Waals surface area (Å²) in [5, 5.41) is 0. The third-order valence-corrected chi connectivity index (χ3v) is 3.74. The molecule has 1 aromatic rings. The van der Waals surface area contributed by atoms with Gasteiger partial charge in [-0.1, -0.05) is 0 Å². The Balaban J connectivity index is 1.83. The molecule has 1 amide bonds. The number of rotatable bonds is 5. The Bertz CT molecular complexity index is 424. The fourth-order valence-electron chi connectivity index (χ4n) is 2.43. The summed E-state index contributed by atoms with van der Waals surface area (Å²) < 4.78 is 10.8. The molecule has 1 aromatic carbocycles. The zero-order valence-electron chi connectivity index (χ0n) is 12.3. The molecule has 4 heteroatoms. The average Bonchev–Trinajstić information content (AvgIpc) is 2.53. The summed E-state index contributed by atoms with van der Waals surface area (Å²) in [6.45, 7) is 1.59. The van der Waals surface area contributed by atoms with E-state index in [9.17, 15) is 4.79 Å². The molecule has 4 nitrogen and oxygen atoms in total. The third kappa shape index (κ3) is 3.97. The summed E-state index contributed by atoms with van der Waals surface area (Å²) in [5.41, 5.74) is 0.692. The second-order valence-electron chi connectivity index (χ2n) is 5.23. The van der Waals surface area contributed by atoms with Gasteiger partial charge in [-0.25, -0.2) is 0 Å². The van der Waals surface area contributed by atoms with Crippen molar-refractivity contribution in [3.05, 3.63) is 29.8 Å². The predicted molar refractivity (Wildman–Crippen MR) is 78.2 cm³/mol. The predicted octanol–water partition coefficient (Wildman–Crippen LogP) is 2.73. The maximum atomic E-state index is 12.3. The maximum absolute atomic E-state index is 12.3. The quantitative estimate of drug-likeness (QED) is 0.830. The van der Waals surface area contributed by atoms with Crippen LogP contribution in [0, 0.1) is 0 Å². The summed E-state index contributed by atoms with van der Waals surface area (Å²) in [5.74, 6) is 0.809. The molecule has 0 N–H and O–H groups in total. The van der Waals surface area contributed by atoms with Gasteiger partial charge >= 0.3 is 0 Å². The van der Waals surface area contributed by atoms with Crippen LogP contribution in [0.4, 0.5) is 0 Å². The van der Waals surface area contributed by atoms with Crippen molar-refractivity contribution in [2.75, 3.05) is 27.3 Å². The van der Waals surface area contributed by atoms with E-state index in [1.165, 1.54) is 6.42 Å². The van der Waals surface area contributed by atoms with Crippen LogP contribution in [-0.4, -0.2) is 44.2 Å². The Hall–Kier alpha value is -1.55. The van der Waals surface area contributed by atoms with E-state index in [1.54, 1.807) is 24.1 Å². The minimum atomic E-state index is 0.0449. The maximum Gasteiger partial charge on any atom is 0.253 e. The second-order valence-corrected chi connectivity index (χ2v) is 5.23. The normalized spacial score (nSPS) is 18.6. The van der Waals surface area contributed by atoms with Crippen molar-refractivity contribution in [1.29, 1.82) is 0 Å². The van der Waals surface area contributed by atoms with Crippen LogP contribution in [0.2, 0.25) is 0 Å². The summed E-state index contributed by atoms with van der Waals surface area (Å²) in [7, 11) is 3.46. The third-order valence-electron chi connectivity index (χ3n) is 3.74. The summed E-state index contributed by atoms with van der Waals surface area (Å²) in [4.78, 5) is 14.0. The van der Waals surface area contributed by atoms with Crippen molar-refractivity contribution in [2.24, 2.45) is 0 Å². The molecule has 0 radical (unpaired) electrons. The van der Waals surface area contributed by atoms with Crippen molar-refractivity contribution in [1.82, 2.24) is 4.90 Å². The lowest BCUT2D eigenvalue weighted by Crippen LogP contribution is -2.31. The molecular formula is C16H23NO3. The molecule has 110 valence electrons. The first-order chi connectivity index (χ1) is 9.70. The smallest absolute Gasteiger partial charge is 0.253 e. The Morgan fingerprint density at radius 2 is 2.10 bits per heavy atom. The number of hydrogen-bond acceptors (Lipinski definition) is 3. The molecule has 1 unspecified atom stereocenters. The molecule has 2 rings (SSSR count). The Kier molecular flexibility index (Phi) is 5.41. The van der Waals surface area contributed by atoms with Gasteiger partial charge in [0.15, 0.2) is 0 Å². The molecule has 1 aliphatic rings. The Morgan fingerprint density at radius 1 is 1.35 bits per heavy atom. The molecule has 0 bridgehead atoms. The van der Waals surface area contributed by atoms with Gasteiger partial charge in [-0.05, 0) is 49.9 Å². The highest BCUT2D eigenvalue weighted by molar-refractivity contribution is 5.94. The lowest BCUT2D eigenvalue weighted by molar-refractivity contribution is 0.00709. The SMILES string of the molecule is COc1ccc(C(=O)N(C)CCC2CCCCO2)cc1. The molecule has 20 heavy (non-hydrogen) atoms. The van der Waals surface area contributed by atoms with E-state index in [4.69, 9.17) is 9.47 Å². The summed E-state index contributed by atoms with van der Waals surface area (Å²) in [6, 6.07) is 7.22. The molecule has 1 saturated heterocycles. The summed E-state index contributed by atoms with van der Waals surface area (Å²) >= 11 is 0. The molecule has 0 spiro atoms. The van der Waals surface area contributed by atoms with E-state index in [2.05, 4.69) is 0 Å². The van der Waals surface area contributed by atoms with Crippen LogP contribution in [0.3, 0.4) is 0 Å². The van der Waals surface area contributed by atoms with E-state index in [0.29, 0.717) is 11.7 Å². The molecule has 1 heterocycles. The van der Waals surface area contributed by atoms with Gasteiger partial charge in [-0.3, -0.25) is 4.79 Å². The standard InChI is InChI=1S/C16H23NO3/c1-17(11-10-15-5-3-4-12-20-15)16(18)13-6-8-14(19-2)9-7-13/h6-9,15H,3-5,10-12H2,1-2H3. The topological polar surface area (TPSA) is 38.8 Å². The lowest BCUT2D eigenvalue weighted by Gasteiger charge is -2.25. The monoisotopic (exact) mass is 277 g/mol. The van der Waals surface area contributed by atoms with E-state index >= 15 is 0 Å². The average molecular weight is 277 g/mol. The highest BCUT2D eigenvalue weighted by atomic mass is 16.5.